The molecule has 2 aromatic rings. The highest BCUT2D eigenvalue weighted by atomic mass is 15.3. The van der Waals surface area contributed by atoms with Crippen molar-refractivity contribution < 1.29 is 0 Å². The lowest BCUT2D eigenvalue weighted by Gasteiger charge is -2.12. The summed E-state index contributed by atoms with van der Waals surface area (Å²) in [5.74, 6) is 7.71. The fraction of sp³-hybridized carbons (Fsp3) is 0.462. The van der Waals surface area contributed by atoms with E-state index in [2.05, 4.69) is 25.8 Å². The largest absolute Gasteiger partial charge is 0.365 e. The fourth-order valence-electron chi connectivity index (χ4n) is 2.03. The second kappa shape index (κ2) is 5.87. The summed E-state index contributed by atoms with van der Waals surface area (Å²) >= 11 is 0. The van der Waals surface area contributed by atoms with Gasteiger partial charge in [0.2, 0.25) is 0 Å². The Morgan fingerprint density at radius 3 is 2.50 bits per heavy atom. The van der Waals surface area contributed by atoms with Gasteiger partial charge in [-0.2, -0.15) is 5.10 Å². The predicted molar refractivity (Wildman–Crippen MR) is 79.2 cm³/mol. The van der Waals surface area contributed by atoms with Gasteiger partial charge in [0.15, 0.2) is 0 Å². The zero-order valence-corrected chi connectivity index (χ0v) is 12.4. The molecule has 0 aromatic carbocycles. The zero-order valence-electron chi connectivity index (χ0n) is 12.4. The van der Waals surface area contributed by atoms with Gasteiger partial charge in [-0.3, -0.25) is 4.68 Å². The summed E-state index contributed by atoms with van der Waals surface area (Å²) in [5, 5.41) is 7.66. The number of hydrogen-bond donors (Lipinski definition) is 3. The zero-order chi connectivity index (χ0) is 14.7. The van der Waals surface area contributed by atoms with Crippen molar-refractivity contribution in [2.24, 2.45) is 12.9 Å². The summed E-state index contributed by atoms with van der Waals surface area (Å²) in [6, 6.07) is 0. The second-order valence-electron chi connectivity index (χ2n) is 4.73. The van der Waals surface area contributed by atoms with Crippen LogP contribution in [0.4, 0.5) is 11.6 Å². The first-order valence-electron chi connectivity index (χ1n) is 6.62. The molecular formula is C13H21N7. The normalized spacial score (nSPS) is 10.7. The van der Waals surface area contributed by atoms with Crippen molar-refractivity contribution in [2.45, 2.75) is 33.7 Å². The van der Waals surface area contributed by atoms with Gasteiger partial charge in [0.25, 0.3) is 0 Å². The molecule has 0 spiro atoms. The Balaban J connectivity index is 2.22. The van der Waals surface area contributed by atoms with Crippen LogP contribution in [0, 0.1) is 13.8 Å². The van der Waals surface area contributed by atoms with E-state index in [0.29, 0.717) is 12.4 Å². The number of aryl methyl sites for hydroxylation is 3. The molecule has 0 unspecified atom stereocenters. The fourth-order valence-corrected chi connectivity index (χ4v) is 2.03. The number of nitrogens with one attached hydrogen (secondary N) is 2. The van der Waals surface area contributed by atoms with Crippen LogP contribution in [0.15, 0.2) is 6.20 Å². The lowest BCUT2D eigenvalue weighted by Crippen LogP contribution is -2.14. The van der Waals surface area contributed by atoms with Crippen LogP contribution >= 0.6 is 0 Å². The highest BCUT2D eigenvalue weighted by Gasteiger charge is 2.10. The average Bonchev–Trinajstić information content (AvgIpc) is 2.76. The third kappa shape index (κ3) is 2.88. The van der Waals surface area contributed by atoms with Crippen molar-refractivity contribution in [2.75, 3.05) is 10.7 Å². The Labute approximate surface area is 118 Å². The van der Waals surface area contributed by atoms with E-state index in [1.807, 2.05) is 38.7 Å². The molecule has 0 fully saturated rings. The van der Waals surface area contributed by atoms with Gasteiger partial charge in [0.05, 0.1) is 5.69 Å². The Morgan fingerprint density at radius 2 is 1.95 bits per heavy atom. The highest BCUT2D eigenvalue weighted by molar-refractivity contribution is 5.56. The molecule has 0 aliphatic rings. The van der Waals surface area contributed by atoms with Gasteiger partial charge in [-0.15, -0.1) is 0 Å². The topological polar surface area (TPSA) is 93.7 Å². The molecule has 0 aliphatic carbocycles. The number of anilines is 2. The molecule has 0 bridgehead atoms. The SMILES string of the molecule is CCc1nc(NN)c(C)c(NCc2cn(C)nc2C)n1. The standard InChI is InChI=1S/C13H21N7/c1-5-11-16-12(8(2)13(17-11)18-14)15-6-10-7-20(4)19-9(10)3/h7H,5-6,14H2,1-4H3,(H2,15,16,17,18). The first-order chi connectivity index (χ1) is 9.55. The van der Waals surface area contributed by atoms with Gasteiger partial charge >= 0.3 is 0 Å². The van der Waals surface area contributed by atoms with Crippen molar-refractivity contribution in [3.63, 3.8) is 0 Å². The number of nitrogen functional groups attached to an aromatic ring is 1. The van der Waals surface area contributed by atoms with Crippen LogP contribution in [0.2, 0.25) is 0 Å². The minimum Gasteiger partial charge on any atom is -0.365 e. The molecule has 0 aliphatic heterocycles. The van der Waals surface area contributed by atoms with Gasteiger partial charge in [0, 0.05) is 37.3 Å². The maximum atomic E-state index is 5.50. The molecule has 0 radical (unpaired) electrons. The molecule has 7 heteroatoms. The van der Waals surface area contributed by atoms with E-state index in [4.69, 9.17) is 5.84 Å². The molecule has 0 atom stereocenters. The molecule has 7 nitrogen and oxygen atoms in total. The molecule has 0 saturated heterocycles. The summed E-state index contributed by atoms with van der Waals surface area (Å²) in [6.07, 6.45) is 2.76. The highest BCUT2D eigenvalue weighted by Crippen LogP contribution is 2.20. The van der Waals surface area contributed by atoms with Crippen molar-refractivity contribution in [1.82, 2.24) is 19.7 Å². The van der Waals surface area contributed by atoms with Crippen LogP contribution < -0.4 is 16.6 Å². The minimum absolute atomic E-state index is 0.655. The summed E-state index contributed by atoms with van der Waals surface area (Å²) in [6.45, 7) is 6.62. The first kappa shape index (κ1) is 14.3. The average molecular weight is 275 g/mol. The van der Waals surface area contributed by atoms with E-state index in [1.165, 1.54) is 0 Å². The van der Waals surface area contributed by atoms with E-state index in [9.17, 15) is 0 Å². The van der Waals surface area contributed by atoms with Crippen molar-refractivity contribution in [3.05, 3.63) is 28.8 Å². The van der Waals surface area contributed by atoms with E-state index in [1.54, 1.807) is 0 Å². The van der Waals surface area contributed by atoms with E-state index in [-0.39, 0.29) is 0 Å². The molecule has 0 saturated carbocycles. The first-order valence-corrected chi connectivity index (χ1v) is 6.62. The third-order valence-corrected chi connectivity index (χ3v) is 3.21. The summed E-state index contributed by atoms with van der Waals surface area (Å²) in [5.41, 5.74) is 5.68. The van der Waals surface area contributed by atoms with Crippen LogP contribution in [0.5, 0.6) is 0 Å². The molecule has 2 heterocycles. The van der Waals surface area contributed by atoms with Crippen LogP contribution in [0.3, 0.4) is 0 Å². The lowest BCUT2D eigenvalue weighted by molar-refractivity contribution is 0.756. The maximum absolute atomic E-state index is 5.50. The second-order valence-corrected chi connectivity index (χ2v) is 4.73. The van der Waals surface area contributed by atoms with Crippen molar-refractivity contribution >= 4 is 11.6 Å². The van der Waals surface area contributed by atoms with Gasteiger partial charge in [-0.1, -0.05) is 6.92 Å². The molecule has 108 valence electrons. The molecule has 2 aromatic heterocycles. The van der Waals surface area contributed by atoms with Crippen LogP contribution in [0.1, 0.15) is 29.6 Å². The molecular weight excluding hydrogens is 254 g/mol. The van der Waals surface area contributed by atoms with Crippen LogP contribution in [-0.2, 0) is 20.0 Å². The Bertz CT molecular complexity index is 603. The minimum atomic E-state index is 0.655. The molecule has 2 rings (SSSR count). The number of nitrogens with zero attached hydrogens (tertiary/aromatic N) is 4. The van der Waals surface area contributed by atoms with E-state index < -0.39 is 0 Å². The van der Waals surface area contributed by atoms with Gasteiger partial charge in [0.1, 0.15) is 17.5 Å². The van der Waals surface area contributed by atoms with Crippen molar-refractivity contribution in [3.8, 4) is 0 Å². The summed E-state index contributed by atoms with van der Waals surface area (Å²) in [7, 11) is 1.91. The van der Waals surface area contributed by atoms with E-state index in [0.717, 1.165) is 34.9 Å². The van der Waals surface area contributed by atoms with Crippen LogP contribution in [0.25, 0.3) is 0 Å². The van der Waals surface area contributed by atoms with Gasteiger partial charge in [-0.25, -0.2) is 15.8 Å². The Hall–Kier alpha value is -2.15. The number of hydrazine groups is 1. The van der Waals surface area contributed by atoms with Crippen molar-refractivity contribution in [1.29, 1.82) is 0 Å². The number of hydrogen-bond acceptors (Lipinski definition) is 6. The Kier molecular flexibility index (Phi) is 4.19. The lowest BCUT2D eigenvalue weighted by atomic mass is 10.2. The predicted octanol–water partition coefficient (Wildman–Crippen LogP) is 1.29. The quantitative estimate of drug-likeness (QED) is 0.562. The number of rotatable bonds is 5. The monoisotopic (exact) mass is 275 g/mol. The van der Waals surface area contributed by atoms with Gasteiger partial charge < -0.3 is 10.7 Å². The van der Waals surface area contributed by atoms with Crippen LogP contribution in [-0.4, -0.2) is 19.7 Å². The number of nitrogens with two attached hydrogens (primary N) is 1. The third-order valence-electron chi connectivity index (χ3n) is 3.21. The number of aromatic nitrogens is 4. The molecule has 0 amide bonds. The summed E-state index contributed by atoms with van der Waals surface area (Å²) in [4.78, 5) is 8.85. The smallest absolute Gasteiger partial charge is 0.148 e. The Morgan fingerprint density at radius 1 is 1.25 bits per heavy atom. The molecule has 20 heavy (non-hydrogen) atoms. The van der Waals surface area contributed by atoms with E-state index >= 15 is 0 Å². The molecule has 4 N–H and O–H groups in total. The maximum Gasteiger partial charge on any atom is 0.148 e. The summed E-state index contributed by atoms with van der Waals surface area (Å²) < 4.78 is 1.81. The van der Waals surface area contributed by atoms with Gasteiger partial charge in [-0.05, 0) is 13.8 Å².